The summed E-state index contributed by atoms with van der Waals surface area (Å²) in [5.74, 6) is 0.595. The van der Waals surface area contributed by atoms with E-state index in [1.165, 1.54) is 0 Å². The van der Waals surface area contributed by atoms with Gasteiger partial charge in [-0.2, -0.15) is 0 Å². The molecule has 2 atom stereocenters. The van der Waals surface area contributed by atoms with Crippen LogP contribution in [0.2, 0.25) is 5.02 Å². The average molecular weight is 459 g/mol. The van der Waals surface area contributed by atoms with Crippen LogP contribution < -0.4 is 10.5 Å². The zero-order chi connectivity index (χ0) is 22.3. The van der Waals surface area contributed by atoms with Crippen LogP contribution in [0.5, 0.6) is 0 Å². The standard InChI is InChI=1S/C24H31ClN4O3/c25-17-7-5-16(6-8-17)24(32)10-13-28(14-11-24)23-26-19-9-12-29(15-18(19)22(31)27-23)20-3-1-2-4-21(20)30/h5-8,20-21,30,32H,1-4,9-15H2,(H,26,27,31). The van der Waals surface area contributed by atoms with Gasteiger partial charge in [-0.25, -0.2) is 4.98 Å². The molecule has 0 radical (unpaired) electrons. The minimum atomic E-state index is -0.892. The van der Waals surface area contributed by atoms with Crippen LogP contribution in [0, 0.1) is 0 Å². The Morgan fingerprint density at radius 1 is 1.09 bits per heavy atom. The quantitative estimate of drug-likeness (QED) is 0.654. The Balaban J connectivity index is 1.29. The maximum Gasteiger partial charge on any atom is 0.257 e. The first-order valence-electron chi connectivity index (χ1n) is 11.7. The summed E-state index contributed by atoms with van der Waals surface area (Å²) in [6.07, 6.45) is 5.59. The lowest BCUT2D eigenvalue weighted by atomic mass is 9.84. The number of nitrogens with zero attached hydrogens (tertiary/aromatic N) is 3. The lowest BCUT2D eigenvalue weighted by molar-refractivity contribution is 0.0110. The number of piperidine rings is 1. The number of halogens is 1. The second kappa shape index (κ2) is 8.78. The average Bonchev–Trinajstić information content (AvgIpc) is 2.80. The largest absolute Gasteiger partial charge is 0.391 e. The van der Waals surface area contributed by atoms with Crippen LogP contribution in [0.1, 0.15) is 55.3 Å². The van der Waals surface area contributed by atoms with Gasteiger partial charge >= 0.3 is 0 Å². The number of aliphatic hydroxyl groups is 2. The molecule has 3 heterocycles. The Kier molecular flexibility index (Phi) is 6.01. The number of fused-ring (bicyclic) bond motifs is 1. The van der Waals surface area contributed by atoms with Crippen molar-refractivity contribution in [3.63, 3.8) is 0 Å². The number of H-pyrrole nitrogens is 1. The van der Waals surface area contributed by atoms with Crippen LogP contribution in [0.25, 0.3) is 0 Å². The molecule has 32 heavy (non-hydrogen) atoms. The van der Waals surface area contributed by atoms with Crippen molar-refractivity contribution in [3.8, 4) is 0 Å². The molecule has 2 aliphatic heterocycles. The third-order valence-electron chi connectivity index (χ3n) is 7.52. The number of anilines is 1. The van der Waals surface area contributed by atoms with E-state index in [-0.39, 0.29) is 17.7 Å². The Morgan fingerprint density at radius 3 is 2.53 bits per heavy atom. The molecule has 1 saturated carbocycles. The number of aliphatic hydroxyl groups excluding tert-OH is 1. The molecule has 8 heteroatoms. The molecule has 2 aromatic rings. The van der Waals surface area contributed by atoms with E-state index in [0.29, 0.717) is 43.4 Å². The summed E-state index contributed by atoms with van der Waals surface area (Å²) in [5.41, 5.74) is 1.49. The summed E-state index contributed by atoms with van der Waals surface area (Å²) in [6, 6.07) is 7.51. The van der Waals surface area contributed by atoms with E-state index in [1.807, 2.05) is 12.1 Å². The first kappa shape index (κ1) is 21.9. The maximum atomic E-state index is 12.9. The van der Waals surface area contributed by atoms with Crippen molar-refractivity contribution >= 4 is 17.5 Å². The summed E-state index contributed by atoms with van der Waals surface area (Å²) in [7, 11) is 0. The Bertz CT molecular complexity index is 1020. The van der Waals surface area contributed by atoms with Crippen LogP contribution in [-0.2, 0) is 18.6 Å². The van der Waals surface area contributed by atoms with Gasteiger partial charge < -0.3 is 15.1 Å². The van der Waals surface area contributed by atoms with Crippen LogP contribution in [0.3, 0.4) is 0 Å². The fourth-order valence-corrected chi connectivity index (χ4v) is 5.65. The monoisotopic (exact) mass is 458 g/mol. The van der Waals surface area contributed by atoms with Crippen molar-refractivity contribution in [2.75, 3.05) is 24.5 Å². The summed E-state index contributed by atoms with van der Waals surface area (Å²) in [6.45, 7) is 2.60. The summed E-state index contributed by atoms with van der Waals surface area (Å²) in [5, 5.41) is 22.2. The fourth-order valence-electron chi connectivity index (χ4n) is 5.52. The highest BCUT2D eigenvalue weighted by Gasteiger charge is 2.36. The minimum Gasteiger partial charge on any atom is -0.391 e. The van der Waals surface area contributed by atoms with Gasteiger partial charge in [-0.15, -0.1) is 0 Å². The lowest BCUT2D eigenvalue weighted by Crippen LogP contribution is -2.49. The molecule has 172 valence electrons. The Hall–Kier alpha value is -1.93. The van der Waals surface area contributed by atoms with Crippen molar-refractivity contribution < 1.29 is 10.2 Å². The summed E-state index contributed by atoms with van der Waals surface area (Å²) < 4.78 is 0. The normalized spacial score (nSPS) is 26.0. The van der Waals surface area contributed by atoms with Gasteiger partial charge in [0, 0.05) is 43.7 Å². The van der Waals surface area contributed by atoms with Gasteiger partial charge in [-0.1, -0.05) is 36.6 Å². The van der Waals surface area contributed by atoms with E-state index >= 15 is 0 Å². The predicted molar refractivity (Wildman–Crippen MR) is 124 cm³/mol. The number of hydrogen-bond donors (Lipinski definition) is 3. The predicted octanol–water partition coefficient (Wildman–Crippen LogP) is 2.57. The molecule has 5 rings (SSSR count). The van der Waals surface area contributed by atoms with E-state index in [1.54, 1.807) is 12.1 Å². The van der Waals surface area contributed by atoms with Crippen molar-refractivity contribution in [1.82, 2.24) is 14.9 Å². The molecule has 1 saturated heterocycles. The van der Waals surface area contributed by atoms with Crippen LogP contribution >= 0.6 is 11.6 Å². The van der Waals surface area contributed by atoms with Gasteiger partial charge in [0.2, 0.25) is 5.95 Å². The van der Waals surface area contributed by atoms with Crippen LogP contribution in [0.4, 0.5) is 5.95 Å². The van der Waals surface area contributed by atoms with Gasteiger partial charge in [0.25, 0.3) is 5.56 Å². The Morgan fingerprint density at radius 2 is 1.81 bits per heavy atom. The molecule has 0 amide bonds. The molecule has 1 aromatic carbocycles. The van der Waals surface area contributed by atoms with Gasteiger partial charge in [-0.05, 0) is 43.4 Å². The van der Waals surface area contributed by atoms with Gasteiger partial charge in [0.05, 0.1) is 23.0 Å². The molecule has 1 aromatic heterocycles. The molecular formula is C24H31ClN4O3. The lowest BCUT2D eigenvalue weighted by Gasteiger charge is -2.40. The van der Waals surface area contributed by atoms with Crippen molar-refractivity contribution in [2.24, 2.45) is 0 Å². The highest BCUT2D eigenvalue weighted by atomic mass is 35.5. The smallest absolute Gasteiger partial charge is 0.257 e. The fraction of sp³-hybridized carbons (Fsp3) is 0.583. The first-order valence-corrected chi connectivity index (χ1v) is 12.1. The zero-order valence-corrected chi connectivity index (χ0v) is 19.0. The molecular weight excluding hydrogens is 428 g/mol. The summed E-state index contributed by atoms with van der Waals surface area (Å²) in [4.78, 5) is 25.1. The van der Waals surface area contributed by atoms with Crippen molar-refractivity contribution in [1.29, 1.82) is 0 Å². The number of benzene rings is 1. The zero-order valence-electron chi connectivity index (χ0n) is 18.3. The second-order valence-corrected chi connectivity index (χ2v) is 9.92. The third-order valence-corrected chi connectivity index (χ3v) is 7.77. The molecule has 1 aliphatic carbocycles. The van der Waals surface area contributed by atoms with Gasteiger partial charge in [-0.3, -0.25) is 14.7 Å². The topological polar surface area (TPSA) is 92.7 Å². The van der Waals surface area contributed by atoms with E-state index in [2.05, 4.69) is 14.8 Å². The van der Waals surface area contributed by atoms with Gasteiger partial charge in [0.15, 0.2) is 0 Å². The SMILES string of the molecule is O=c1[nH]c(N2CCC(O)(c3ccc(Cl)cc3)CC2)nc2c1CN(C1CCCCC1O)CC2. The Labute approximate surface area is 193 Å². The van der Waals surface area contributed by atoms with E-state index in [4.69, 9.17) is 16.6 Å². The molecule has 0 spiro atoms. The highest BCUT2D eigenvalue weighted by molar-refractivity contribution is 6.30. The minimum absolute atomic E-state index is 0.0847. The van der Waals surface area contributed by atoms with E-state index in [9.17, 15) is 15.0 Å². The first-order chi connectivity index (χ1) is 15.4. The van der Waals surface area contributed by atoms with Crippen LogP contribution in [0.15, 0.2) is 29.1 Å². The number of hydrogen-bond acceptors (Lipinski definition) is 6. The number of rotatable bonds is 3. The third kappa shape index (κ3) is 4.19. The number of aromatic nitrogens is 2. The second-order valence-electron chi connectivity index (χ2n) is 9.48. The van der Waals surface area contributed by atoms with Crippen molar-refractivity contribution in [2.45, 2.75) is 69.2 Å². The maximum absolute atomic E-state index is 12.9. The summed E-state index contributed by atoms with van der Waals surface area (Å²) >= 11 is 5.98. The number of aromatic amines is 1. The molecule has 2 fully saturated rings. The molecule has 3 aliphatic rings. The van der Waals surface area contributed by atoms with Crippen molar-refractivity contribution in [3.05, 3.63) is 56.5 Å². The van der Waals surface area contributed by atoms with E-state index < -0.39 is 5.60 Å². The van der Waals surface area contributed by atoms with Gasteiger partial charge in [0.1, 0.15) is 0 Å². The van der Waals surface area contributed by atoms with E-state index in [0.717, 1.165) is 55.5 Å². The highest BCUT2D eigenvalue weighted by Crippen LogP contribution is 2.34. The molecule has 0 bridgehead atoms. The molecule has 3 N–H and O–H groups in total. The number of nitrogens with one attached hydrogen (secondary N) is 1. The molecule has 7 nitrogen and oxygen atoms in total. The molecule has 2 unspecified atom stereocenters. The van der Waals surface area contributed by atoms with Crippen LogP contribution in [-0.4, -0.2) is 56.9 Å².